The maximum atomic E-state index is 5.86. The second kappa shape index (κ2) is 4.35. The van der Waals surface area contributed by atoms with Crippen molar-refractivity contribution in [3.63, 3.8) is 0 Å². The van der Waals surface area contributed by atoms with E-state index >= 15 is 0 Å². The molecule has 0 bridgehead atoms. The predicted octanol–water partition coefficient (Wildman–Crippen LogP) is 2.99. The van der Waals surface area contributed by atoms with E-state index in [1.165, 1.54) is 0 Å². The van der Waals surface area contributed by atoms with E-state index in [0.717, 1.165) is 27.9 Å². The van der Waals surface area contributed by atoms with Gasteiger partial charge in [0.1, 0.15) is 5.69 Å². The molecule has 0 aliphatic heterocycles. The Kier molecular flexibility index (Phi) is 2.67. The average molecular weight is 254 g/mol. The normalized spacial score (nSPS) is 11.3. The van der Waals surface area contributed by atoms with Crippen molar-refractivity contribution in [1.29, 1.82) is 0 Å². The van der Waals surface area contributed by atoms with Crippen LogP contribution in [0.3, 0.4) is 0 Å². The molecule has 0 unspecified atom stereocenters. The van der Waals surface area contributed by atoms with Crippen molar-refractivity contribution in [2.45, 2.75) is 19.8 Å². The van der Waals surface area contributed by atoms with Crippen molar-refractivity contribution in [3.05, 3.63) is 36.2 Å². The van der Waals surface area contributed by atoms with Crippen LogP contribution < -0.4 is 5.73 Å². The molecule has 2 N–H and O–H groups in total. The van der Waals surface area contributed by atoms with Crippen LogP contribution in [0.5, 0.6) is 0 Å². The number of fused-ring (bicyclic) bond motifs is 1. The molecule has 0 saturated carbocycles. The van der Waals surface area contributed by atoms with Gasteiger partial charge in [-0.25, -0.2) is 0 Å². The van der Waals surface area contributed by atoms with Crippen molar-refractivity contribution >= 4 is 16.9 Å². The van der Waals surface area contributed by atoms with E-state index in [9.17, 15) is 0 Å². The van der Waals surface area contributed by atoms with Gasteiger partial charge in [-0.3, -0.25) is 9.97 Å². The van der Waals surface area contributed by atoms with Gasteiger partial charge in [-0.2, -0.15) is 0 Å². The van der Waals surface area contributed by atoms with Crippen LogP contribution in [0.25, 0.3) is 22.3 Å². The van der Waals surface area contributed by atoms with Crippen molar-refractivity contribution in [2.24, 2.45) is 0 Å². The van der Waals surface area contributed by atoms with E-state index in [1.807, 2.05) is 18.2 Å². The molecule has 1 aromatic carbocycles. The fourth-order valence-corrected chi connectivity index (χ4v) is 2.25. The van der Waals surface area contributed by atoms with Crippen LogP contribution in [0, 0.1) is 0 Å². The second-order valence-electron chi connectivity index (χ2n) is 4.69. The number of nitrogens with two attached hydrogens (primary N) is 1. The summed E-state index contributed by atoms with van der Waals surface area (Å²) in [6, 6.07) is 5.81. The highest BCUT2D eigenvalue weighted by atomic mass is 16.5. The molecule has 3 aromatic rings. The predicted molar refractivity (Wildman–Crippen MR) is 73.5 cm³/mol. The minimum absolute atomic E-state index is 0.230. The SMILES string of the molecule is CC(C)c1c(-c2cccc3nccnc23)noc1N. The van der Waals surface area contributed by atoms with E-state index in [0.29, 0.717) is 5.88 Å². The zero-order valence-corrected chi connectivity index (χ0v) is 10.8. The molecule has 0 saturated heterocycles. The zero-order chi connectivity index (χ0) is 13.4. The molecule has 3 rings (SSSR count). The topological polar surface area (TPSA) is 77.8 Å². The average Bonchev–Trinajstić information content (AvgIpc) is 2.80. The summed E-state index contributed by atoms with van der Waals surface area (Å²) in [4.78, 5) is 8.68. The van der Waals surface area contributed by atoms with Gasteiger partial charge in [0.15, 0.2) is 0 Å². The smallest absolute Gasteiger partial charge is 0.226 e. The Morgan fingerprint density at radius 1 is 1.16 bits per heavy atom. The van der Waals surface area contributed by atoms with Crippen molar-refractivity contribution in [1.82, 2.24) is 15.1 Å². The van der Waals surface area contributed by atoms with Crippen LogP contribution >= 0.6 is 0 Å². The number of nitrogen functional groups attached to an aromatic ring is 1. The van der Waals surface area contributed by atoms with Crippen molar-refractivity contribution < 1.29 is 4.52 Å². The Morgan fingerprint density at radius 2 is 1.95 bits per heavy atom. The minimum atomic E-state index is 0.230. The minimum Gasteiger partial charge on any atom is -0.367 e. The van der Waals surface area contributed by atoms with Crippen LogP contribution in [0.2, 0.25) is 0 Å². The van der Waals surface area contributed by atoms with Gasteiger partial charge in [0.2, 0.25) is 5.88 Å². The lowest BCUT2D eigenvalue weighted by Gasteiger charge is -2.07. The molecule has 0 spiro atoms. The van der Waals surface area contributed by atoms with Gasteiger partial charge in [0, 0.05) is 23.5 Å². The molecule has 19 heavy (non-hydrogen) atoms. The third-order valence-electron chi connectivity index (χ3n) is 3.09. The molecule has 5 heteroatoms. The van der Waals surface area contributed by atoms with E-state index in [2.05, 4.69) is 29.0 Å². The summed E-state index contributed by atoms with van der Waals surface area (Å²) in [5.41, 5.74) is 10.1. The summed E-state index contributed by atoms with van der Waals surface area (Å²) in [6.45, 7) is 4.12. The molecule has 0 fully saturated rings. The van der Waals surface area contributed by atoms with Crippen LogP contribution in [0.4, 0.5) is 5.88 Å². The summed E-state index contributed by atoms with van der Waals surface area (Å²) in [5.74, 6) is 0.596. The summed E-state index contributed by atoms with van der Waals surface area (Å²) < 4.78 is 5.14. The molecule has 2 heterocycles. The molecule has 0 aliphatic carbocycles. The van der Waals surface area contributed by atoms with Crippen molar-refractivity contribution in [2.75, 3.05) is 5.73 Å². The quantitative estimate of drug-likeness (QED) is 0.760. The standard InChI is InChI=1S/C14H14N4O/c1-8(2)11-13(18-19-14(11)15)9-4-3-5-10-12(9)17-7-6-16-10/h3-8H,15H2,1-2H3. The summed E-state index contributed by atoms with van der Waals surface area (Å²) in [7, 11) is 0. The van der Waals surface area contributed by atoms with Gasteiger partial charge in [-0.15, -0.1) is 0 Å². The third kappa shape index (κ3) is 1.83. The highest BCUT2D eigenvalue weighted by Crippen LogP contribution is 2.35. The Labute approximate surface area is 110 Å². The summed E-state index contributed by atoms with van der Waals surface area (Å²) >= 11 is 0. The molecule has 0 atom stereocenters. The van der Waals surface area contributed by atoms with Crippen molar-refractivity contribution in [3.8, 4) is 11.3 Å². The highest BCUT2D eigenvalue weighted by Gasteiger charge is 2.20. The Bertz CT molecular complexity index is 728. The van der Waals surface area contributed by atoms with Crippen LogP contribution in [-0.2, 0) is 0 Å². The number of hydrogen-bond donors (Lipinski definition) is 1. The van der Waals surface area contributed by atoms with E-state index in [4.69, 9.17) is 10.3 Å². The van der Waals surface area contributed by atoms with Crippen LogP contribution in [-0.4, -0.2) is 15.1 Å². The maximum Gasteiger partial charge on any atom is 0.226 e. The maximum absolute atomic E-state index is 5.86. The van der Waals surface area contributed by atoms with Gasteiger partial charge in [-0.1, -0.05) is 31.1 Å². The van der Waals surface area contributed by atoms with E-state index in [1.54, 1.807) is 12.4 Å². The molecule has 0 amide bonds. The number of nitrogens with zero attached hydrogens (tertiary/aromatic N) is 3. The Morgan fingerprint density at radius 3 is 2.74 bits per heavy atom. The number of aromatic nitrogens is 3. The molecule has 5 nitrogen and oxygen atoms in total. The fraction of sp³-hybridized carbons (Fsp3) is 0.214. The molecule has 0 radical (unpaired) electrons. The Balaban J connectivity index is 2.31. The molecular formula is C14H14N4O. The first-order valence-corrected chi connectivity index (χ1v) is 6.13. The van der Waals surface area contributed by atoms with E-state index in [-0.39, 0.29) is 5.92 Å². The van der Waals surface area contributed by atoms with Gasteiger partial charge >= 0.3 is 0 Å². The van der Waals surface area contributed by atoms with Gasteiger partial charge in [-0.05, 0) is 12.0 Å². The molecule has 2 aromatic heterocycles. The lowest BCUT2D eigenvalue weighted by atomic mass is 9.98. The van der Waals surface area contributed by atoms with Crippen LogP contribution in [0.1, 0.15) is 25.3 Å². The second-order valence-corrected chi connectivity index (χ2v) is 4.69. The number of para-hydroxylation sites is 1. The monoisotopic (exact) mass is 254 g/mol. The molecule has 0 aliphatic rings. The zero-order valence-electron chi connectivity index (χ0n) is 10.8. The third-order valence-corrected chi connectivity index (χ3v) is 3.09. The molecule has 96 valence electrons. The lowest BCUT2D eigenvalue weighted by molar-refractivity contribution is 0.438. The fourth-order valence-electron chi connectivity index (χ4n) is 2.25. The van der Waals surface area contributed by atoms with E-state index < -0.39 is 0 Å². The number of hydrogen-bond acceptors (Lipinski definition) is 5. The first-order chi connectivity index (χ1) is 9.18. The molecular weight excluding hydrogens is 240 g/mol. The largest absolute Gasteiger partial charge is 0.367 e. The van der Waals surface area contributed by atoms with Gasteiger partial charge < -0.3 is 10.3 Å². The first kappa shape index (κ1) is 11.6. The number of anilines is 1. The van der Waals surface area contributed by atoms with Crippen LogP contribution in [0.15, 0.2) is 35.1 Å². The van der Waals surface area contributed by atoms with Gasteiger partial charge in [0.05, 0.1) is 11.0 Å². The lowest BCUT2D eigenvalue weighted by Crippen LogP contribution is -1.95. The first-order valence-electron chi connectivity index (χ1n) is 6.13. The number of benzene rings is 1. The summed E-state index contributed by atoms with van der Waals surface area (Å²) in [5, 5.41) is 4.09. The summed E-state index contributed by atoms with van der Waals surface area (Å²) in [6.07, 6.45) is 3.34. The Hall–Kier alpha value is -2.43. The van der Waals surface area contributed by atoms with Gasteiger partial charge in [0.25, 0.3) is 0 Å². The highest BCUT2D eigenvalue weighted by molar-refractivity contribution is 5.91. The number of rotatable bonds is 2.